The third-order valence-electron chi connectivity index (χ3n) is 4.85. The van der Waals surface area contributed by atoms with Crippen LogP contribution in [0.1, 0.15) is 0 Å². The average Bonchev–Trinajstić information content (AvgIpc) is 3.41. The van der Waals surface area contributed by atoms with Crippen molar-refractivity contribution in [2.75, 3.05) is 50.4 Å². The molecule has 0 aliphatic carbocycles. The Morgan fingerprint density at radius 1 is 1.25 bits per heavy atom. The molecule has 0 spiro atoms. The summed E-state index contributed by atoms with van der Waals surface area (Å²) in [6.45, 7) is -1.25. The molecule has 1 fully saturated rings. The number of alkyl halides is 3. The Bertz CT molecular complexity index is 1080. The Morgan fingerprint density at radius 3 is 2.62 bits per heavy atom. The SMILES string of the molecule is Nc1nc(N[C@@H](CO)C(=O)N2CCN(CC(F)(F)F)CC2)nc2nc(-c3ccco3)nn12. The standard InChI is InChI=1S/C17H20F3N9O3/c18-17(19,20)9-27-3-5-28(6-4-27)13(31)10(8-30)22-15-24-14(21)29-16(25-15)23-12(26-29)11-2-1-7-32-11/h1-2,7,10,30H,3-6,8-9H2,(H3,21,22,23,24,25,26)/t10-/m0/s1. The number of anilines is 2. The van der Waals surface area contributed by atoms with Crippen LogP contribution in [0.15, 0.2) is 22.8 Å². The van der Waals surface area contributed by atoms with E-state index < -0.39 is 31.3 Å². The van der Waals surface area contributed by atoms with Crippen LogP contribution in [-0.4, -0.2) is 96.9 Å². The van der Waals surface area contributed by atoms with E-state index in [0.29, 0.717) is 5.76 Å². The van der Waals surface area contributed by atoms with Gasteiger partial charge in [0.25, 0.3) is 5.78 Å². The minimum atomic E-state index is -4.30. The summed E-state index contributed by atoms with van der Waals surface area (Å²) < 4.78 is 44.1. The number of nitrogen functional groups attached to an aromatic ring is 1. The molecule has 1 amide bonds. The zero-order valence-electron chi connectivity index (χ0n) is 16.7. The van der Waals surface area contributed by atoms with Crippen molar-refractivity contribution in [3.63, 3.8) is 0 Å². The molecule has 12 nitrogen and oxygen atoms in total. The summed E-state index contributed by atoms with van der Waals surface area (Å²) in [5.74, 6) is 0.122. The minimum absolute atomic E-state index is 0.0588. The summed E-state index contributed by atoms with van der Waals surface area (Å²) in [6, 6.07) is 2.22. The lowest BCUT2D eigenvalue weighted by Gasteiger charge is -2.36. The second-order valence-electron chi connectivity index (χ2n) is 7.13. The number of nitrogens with two attached hydrogens (primary N) is 1. The number of furan rings is 1. The number of aliphatic hydroxyl groups excluding tert-OH is 1. The molecule has 0 saturated carbocycles. The van der Waals surface area contributed by atoms with Gasteiger partial charge in [0.15, 0.2) is 5.76 Å². The van der Waals surface area contributed by atoms with Crippen molar-refractivity contribution >= 4 is 23.6 Å². The van der Waals surface area contributed by atoms with Gasteiger partial charge in [-0.05, 0) is 12.1 Å². The van der Waals surface area contributed by atoms with Crippen LogP contribution in [0.2, 0.25) is 0 Å². The number of amides is 1. The van der Waals surface area contributed by atoms with Gasteiger partial charge in [-0.3, -0.25) is 9.69 Å². The first-order chi connectivity index (χ1) is 15.2. The number of nitrogens with one attached hydrogen (secondary N) is 1. The smallest absolute Gasteiger partial charge is 0.401 e. The number of halogens is 3. The van der Waals surface area contributed by atoms with Crippen LogP contribution < -0.4 is 11.1 Å². The number of hydrogen-bond acceptors (Lipinski definition) is 10. The highest BCUT2D eigenvalue weighted by atomic mass is 19.4. The molecule has 3 aromatic rings. The molecule has 1 saturated heterocycles. The molecule has 1 atom stereocenters. The summed E-state index contributed by atoms with van der Waals surface area (Å²) in [5.41, 5.74) is 5.91. The van der Waals surface area contributed by atoms with E-state index in [0.717, 1.165) is 0 Å². The molecular formula is C17H20F3N9O3. The molecule has 0 unspecified atom stereocenters. The van der Waals surface area contributed by atoms with Crippen molar-refractivity contribution in [1.29, 1.82) is 0 Å². The van der Waals surface area contributed by atoms with Crippen molar-refractivity contribution in [3.8, 4) is 11.6 Å². The van der Waals surface area contributed by atoms with E-state index in [4.69, 9.17) is 10.2 Å². The number of rotatable bonds is 6. The lowest BCUT2D eigenvalue weighted by Crippen LogP contribution is -2.54. The first-order valence-electron chi connectivity index (χ1n) is 9.63. The van der Waals surface area contributed by atoms with Crippen LogP contribution in [0.25, 0.3) is 17.4 Å². The molecule has 0 radical (unpaired) electrons. The first-order valence-corrected chi connectivity index (χ1v) is 9.63. The van der Waals surface area contributed by atoms with Crippen LogP contribution in [0, 0.1) is 0 Å². The molecular weight excluding hydrogens is 435 g/mol. The number of hydrogen-bond donors (Lipinski definition) is 3. The Balaban J connectivity index is 1.44. The summed E-state index contributed by atoms with van der Waals surface area (Å²) in [7, 11) is 0. The number of aromatic nitrogens is 5. The number of fused-ring (bicyclic) bond motifs is 1. The fourth-order valence-electron chi connectivity index (χ4n) is 3.32. The van der Waals surface area contributed by atoms with Crippen molar-refractivity contribution in [2.45, 2.75) is 12.2 Å². The second kappa shape index (κ2) is 8.58. The second-order valence-corrected chi connectivity index (χ2v) is 7.13. The fourth-order valence-corrected chi connectivity index (χ4v) is 3.32. The molecule has 0 bridgehead atoms. The molecule has 32 heavy (non-hydrogen) atoms. The van der Waals surface area contributed by atoms with Gasteiger partial charge in [0.05, 0.1) is 19.4 Å². The minimum Gasteiger partial charge on any atom is -0.461 e. The molecule has 4 heterocycles. The van der Waals surface area contributed by atoms with Gasteiger partial charge in [0, 0.05) is 26.2 Å². The van der Waals surface area contributed by atoms with Gasteiger partial charge in [-0.25, -0.2) is 0 Å². The van der Waals surface area contributed by atoms with Crippen molar-refractivity contribution in [3.05, 3.63) is 18.4 Å². The van der Waals surface area contributed by atoms with E-state index >= 15 is 0 Å². The number of carbonyl (C=O) groups is 1. The summed E-state index contributed by atoms with van der Waals surface area (Å²) in [4.78, 5) is 27.8. The predicted octanol–water partition coefficient (Wildman–Crippen LogP) is -0.159. The van der Waals surface area contributed by atoms with E-state index in [1.54, 1.807) is 12.1 Å². The number of carbonyl (C=O) groups excluding carboxylic acids is 1. The Morgan fingerprint density at radius 2 is 2.00 bits per heavy atom. The molecule has 1 aliphatic rings. The van der Waals surface area contributed by atoms with Gasteiger partial charge < -0.3 is 25.5 Å². The normalized spacial score (nSPS) is 16.4. The van der Waals surface area contributed by atoms with E-state index in [1.807, 2.05) is 0 Å². The number of aliphatic hydroxyl groups is 1. The maximum Gasteiger partial charge on any atom is 0.401 e. The third-order valence-corrected chi connectivity index (χ3v) is 4.85. The van der Waals surface area contributed by atoms with Crippen molar-refractivity contribution in [1.82, 2.24) is 34.4 Å². The van der Waals surface area contributed by atoms with Gasteiger partial charge in [-0.15, -0.1) is 5.10 Å². The molecule has 1 aliphatic heterocycles. The fraction of sp³-hybridized carbons (Fsp3) is 0.471. The Labute approximate surface area is 178 Å². The lowest BCUT2D eigenvalue weighted by atomic mass is 10.2. The highest BCUT2D eigenvalue weighted by Crippen LogP contribution is 2.19. The van der Waals surface area contributed by atoms with Gasteiger partial charge >= 0.3 is 6.18 Å². The van der Waals surface area contributed by atoms with Crippen LogP contribution in [-0.2, 0) is 4.79 Å². The maximum absolute atomic E-state index is 12.8. The third kappa shape index (κ3) is 4.72. The van der Waals surface area contributed by atoms with Crippen LogP contribution in [0.5, 0.6) is 0 Å². The molecule has 172 valence electrons. The summed E-state index contributed by atoms with van der Waals surface area (Å²) in [6.07, 6.45) is -2.83. The van der Waals surface area contributed by atoms with E-state index in [9.17, 15) is 23.1 Å². The topological polar surface area (TPSA) is 151 Å². The highest BCUT2D eigenvalue weighted by molar-refractivity contribution is 5.84. The van der Waals surface area contributed by atoms with E-state index in [1.165, 1.54) is 20.6 Å². The lowest BCUT2D eigenvalue weighted by molar-refractivity contribution is -0.152. The quantitative estimate of drug-likeness (QED) is 0.457. The van der Waals surface area contributed by atoms with Crippen molar-refractivity contribution in [2.24, 2.45) is 0 Å². The number of piperazine rings is 1. The van der Waals surface area contributed by atoms with Crippen LogP contribution in [0.3, 0.4) is 0 Å². The molecule has 3 aromatic heterocycles. The molecule has 4 N–H and O–H groups in total. The van der Waals surface area contributed by atoms with Gasteiger partial charge in [-0.2, -0.15) is 32.6 Å². The monoisotopic (exact) mass is 455 g/mol. The largest absolute Gasteiger partial charge is 0.461 e. The molecule has 0 aromatic carbocycles. The van der Waals surface area contributed by atoms with Crippen LogP contribution in [0.4, 0.5) is 25.1 Å². The van der Waals surface area contributed by atoms with Gasteiger partial charge in [0.2, 0.25) is 23.6 Å². The molecule has 4 rings (SSSR count). The highest BCUT2D eigenvalue weighted by Gasteiger charge is 2.34. The Kier molecular flexibility index (Phi) is 5.84. The van der Waals surface area contributed by atoms with E-state index in [2.05, 4.69) is 25.4 Å². The Hall–Kier alpha value is -3.46. The number of nitrogens with zero attached hydrogens (tertiary/aromatic N) is 7. The first kappa shape index (κ1) is 21.8. The summed E-state index contributed by atoms with van der Waals surface area (Å²) in [5, 5.41) is 16.6. The summed E-state index contributed by atoms with van der Waals surface area (Å²) >= 11 is 0. The zero-order valence-corrected chi connectivity index (χ0v) is 16.7. The van der Waals surface area contributed by atoms with Gasteiger partial charge in [0.1, 0.15) is 6.04 Å². The maximum atomic E-state index is 12.8. The van der Waals surface area contributed by atoms with Gasteiger partial charge in [-0.1, -0.05) is 0 Å². The predicted molar refractivity (Wildman–Crippen MR) is 104 cm³/mol. The van der Waals surface area contributed by atoms with E-state index in [-0.39, 0.29) is 49.7 Å². The van der Waals surface area contributed by atoms with Crippen LogP contribution >= 0.6 is 0 Å². The van der Waals surface area contributed by atoms with Crippen molar-refractivity contribution < 1.29 is 27.5 Å². The average molecular weight is 455 g/mol. The zero-order chi connectivity index (χ0) is 22.9. The molecule has 15 heteroatoms.